The molecule has 1 rings (SSSR count). The molecule has 14 heavy (non-hydrogen) atoms. The van der Waals surface area contributed by atoms with Crippen LogP contribution in [0.5, 0.6) is 0 Å². The third-order valence-corrected chi connectivity index (χ3v) is 2.44. The molecule has 0 aliphatic carbocycles. The summed E-state index contributed by atoms with van der Waals surface area (Å²) in [5.41, 5.74) is 3.01. The van der Waals surface area contributed by atoms with Gasteiger partial charge in [0.25, 0.3) is 5.69 Å². The smallest absolute Gasteiger partial charge is 0.272 e. The molecule has 6 heteroatoms. The molecule has 76 valence electrons. The van der Waals surface area contributed by atoms with E-state index in [1.807, 2.05) is 6.92 Å². The number of nitrogens with zero attached hydrogens (tertiary/aromatic N) is 1. The Bertz CT molecular complexity index is 343. The van der Waals surface area contributed by atoms with Crippen LogP contribution in [0.1, 0.15) is 6.92 Å². The number of nitrogen functional groups attached to an aromatic ring is 1. The summed E-state index contributed by atoms with van der Waals surface area (Å²) in [6.45, 7) is 1.99. The van der Waals surface area contributed by atoms with E-state index >= 15 is 0 Å². The van der Waals surface area contributed by atoms with E-state index in [1.54, 1.807) is 6.07 Å². The summed E-state index contributed by atoms with van der Waals surface area (Å²) in [6.07, 6.45) is 0. The van der Waals surface area contributed by atoms with Crippen molar-refractivity contribution in [2.75, 3.05) is 11.2 Å². The molecule has 0 saturated carbocycles. The maximum atomic E-state index is 10.6. The van der Waals surface area contributed by atoms with Gasteiger partial charge in [0.2, 0.25) is 0 Å². The number of hydrogen-bond donors (Lipinski definition) is 2. The second kappa shape index (κ2) is 4.83. The molecular weight excluding hydrogens is 202 g/mol. The average Bonchev–Trinajstić information content (AvgIpc) is 2.17. The summed E-state index contributed by atoms with van der Waals surface area (Å²) < 4.78 is 0. The van der Waals surface area contributed by atoms with Gasteiger partial charge in [-0.3, -0.25) is 16.0 Å². The number of anilines is 1. The molecule has 0 atom stereocenters. The van der Waals surface area contributed by atoms with Gasteiger partial charge in [-0.15, -0.1) is 11.8 Å². The van der Waals surface area contributed by atoms with E-state index < -0.39 is 4.92 Å². The fourth-order valence-corrected chi connectivity index (χ4v) is 1.77. The Morgan fingerprint density at radius 1 is 1.57 bits per heavy atom. The van der Waals surface area contributed by atoms with E-state index in [0.717, 1.165) is 10.6 Å². The van der Waals surface area contributed by atoms with Crippen LogP contribution in [0.25, 0.3) is 0 Å². The Morgan fingerprint density at radius 2 is 2.29 bits per heavy atom. The predicted octanol–water partition coefficient (Wildman–Crippen LogP) is 1.99. The summed E-state index contributed by atoms with van der Waals surface area (Å²) in [7, 11) is 0. The number of benzene rings is 1. The van der Waals surface area contributed by atoms with Crippen LogP contribution >= 0.6 is 11.8 Å². The molecule has 0 fully saturated rings. The van der Waals surface area contributed by atoms with Gasteiger partial charge in [0.15, 0.2) is 0 Å². The van der Waals surface area contributed by atoms with Gasteiger partial charge in [0, 0.05) is 17.0 Å². The molecule has 0 spiro atoms. The Hall–Kier alpha value is -1.27. The first-order chi connectivity index (χ1) is 6.67. The van der Waals surface area contributed by atoms with Crippen molar-refractivity contribution in [3.8, 4) is 0 Å². The van der Waals surface area contributed by atoms with Gasteiger partial charge >= 0.3 is 0 Å². The van der Waals surface area contributed by atoms with Crippen molar-refractivity contribution in [2.24, 2.45) is 5.84 Å². The third kappa shape index (κ3) is 2.61. The lowest BCUT2D eigenvalue weighted by molar-refractivity contribution is -0.385. The summed E-state index contributed by atoms with van der Waals surface area (Å²) in [6, 6.07) is 4.72. The molecule has 0 unspecified atom stereocenters. The van der Waals surface area contributed by atoms with Crippen molar-refractivity contribution in [3.05, 3.63) is 28.3 Å². The normalized spacial score (nSPS) is 9.86. The third-order valence-electron chi connectivity index (χ3n) is 1.58. The first-order valence-electron chi connectivity index (χ1n) is 4.06. The molecule has 1 aromatic rings. The zero-order valence-corrected chi connectivity index (χ0v) is 8.50. The predicted molar refractivity (Wildman–Crippen MR) is 57.3 cm³/mol. The van der Waals surface area contributed by atoms with Crippen LogP contribution in [-0.2, 0) is 0 Å². The largest absolute Gasteiger partial charge is 0.324 e. The molecule has 0 saturated heterocycles. The SMILES string of the molecule is CCSc1cc(NN)cc([N+](=O)[O-])c1. The zero-order chi connectivity index (χ0) is 10.6. The average molecular weight is 213 g/mol. The summed E-state index contributed by atoms with van der Waals surface area (Å²) in [5.74, 6) is 6.07. The fraction of sp³-hybridized carbons (Fsp3) is 0.250. The molecule has 0 aliphatic heterocycles. The van der Waals surface area contributed by atoms with Crippen LogP contribution in [0.15, 0.2) is 23.1 Å². The highest BCUT2D eigenvalue weighted by molar-refractivity contribution is 7.99. The number of nitro groups is 1. The fourth-order valence-electron chi connectivity index (χ4n) is 1.02. The van der Waals surface area contributed by atoms with E-state index in [1.165, 1.54) is 23.9 Å². The Morgan fingerprint density at radius 3 is 2.79 bits per heavy atom. The topological polar surface area (TPSA) is 81.2 Å². The molecule has 0 aliphatic rings. The van der Waals surface area contributed by atoms with E-state index in [0.29, 0.717) is 5.69 Å². The Kier molecular flexibility index (Phi) is 3.73. The van der Waals surface area contributed by atoms with Crippen LogP contribution in [0.2, 0.25) is 0 Å². The number of hydrazine groups is 1. The summed E-state index contributed by atoms with van der Waals surface area (Å²) >= 11 is 1.54. The number of nitro benzene ring substituents is 1. The minimum atomic E-state index is -0.430. The highest BCUT2D eigenvalue weighted by Crippen LogP contribution is 2.27. The van der Waals surface area contributed by atoms with Gasteiger partial charge in [-0.05, 0) is 11.8 Å². The van der Waals surface area contributed by atoms with Gasteiger partial charge in [-0.1, -0.05) is 6.92 Å². The Balaban J connectivity index is 3.06. The van der Waals surface area contributed by atoms with E-state index in [9.17, 15) is 10.1 Å². The number of hydrogen-bond acceptors (Lipinski definition) is 5. The van der Waals surface area contributed by atoms with Crippen LogP contribution in [0.4, 0.5) is 11.4 Å². The number of nitrogens with two attached hydrogens (primary N) is 1. The molecule has 3 N–H and O–H groups in total. The Labute approximate surface area is 85.8 Å². The second-order valence-corrected chi connectivity index (χ2v) is 3.89. The van der Waals surface area contributed by atoms with E-state index in [4.69, 9.17) is 5.84 Å². The van der Waals surface area contributed by atoms with Crippen molar-refractivity contribution in [1.82, 2.24) is 0 Å². The van der Waals surface area contributed by atoms with Crippen molar-refractivity contribution in [2.45, 2.75) is 11.8 Å². The maximum Gasteiger partial charge on any atom is 0.272 e. The standard InChI is InChI=1S/C8H11N3O2S/c1-2-14-8-4-6(10-9)3-7(5-8)11(12)13/h3-5,10H,2,9H2,1H3. The van der Waals surface area contributed by atoms with E-state index in [-0.39, 0.29) is 5.69 Å². The minimum Gasteiger partial charge on any atom is -0.324 e. The van der Waals surface area contributed by atoms with Crippen LogP contribution in [0, 0.1) is 10.1 Å². The zero-order valence-electron chi connectivity index (χ0n) is 7.69. The summed E-state index contributed by atoms with van der Waals surface area (Å²) in [5, 5.41) is 10.6. The summed E-state index contributed by atoms with van der Waals surface area (Å²) in [4.78, 5) is 11.0. The number of rotatable bonds is 4. The quantitative estimate of drug-likeness (QED) is 0.346. The lowest BCUT2D eigenvalue weighted by atomic mass is 10.3. The molecule has 0 amide bonds. The van der Waals surface area contributed by atoms with Gasteiger partial charge < -0.3 is 5.43 Å². The highest BCUT2D eigenvalue weighted by atomic mass is 32.2. The maximum absolute atomic E-state index is 10.6. The van der Waals surface area contributed by atoms with Crippen molar-refractivity contribution in [3.63, 3.8) is 0 Å². The second-order valence-electron chi connectivity index (χ2n) is 2.55. The van der Waals surface area contributed by atoms with Crippen molar-refractivity contribution in [1.29, 1.82) is 0 Å². The van der Waals surface area contributed by atoms with Gasteiger partial charge in [0.05, 0.1) is 10.6 Å². The lowest BCUT2D eigenvalue weighted by Gasteiger charge is -2.03. The molecule has 1 aromatic carbocycles. The molecule has 0 bridgehead atoms. The van der Waals surface area contributed by atoms with Crippen LogP contribution in [0.3, 0.4) is 0 Å². The van der Waals surface area contributed by atoms with Gasteiger partial charge in [-0.2, -0.15) is 0 Å². The first-order valence-corrected chi connectivity index (χ1v) is 5.04. The van der Waals surface area contributed by atoms with Crippen LogP contribution in [-0.4, -0.2) is 10.7 Å². The number of nitrogens with one attached hydrogen (secondary N) is 1. The molecule has 5 nitrogen and oxygen atoms in total. The molecule has 0 aromatic heterocycles. The first kappa shape index (κ1) is 10.8. The van der Waals surface area contributed by atoms with Crippen LogP contribution < -0.4 is 11.3 Å². The lowest BCUT2D eigenvalue weighted by Crippen LogP contribution is -2.07. The van der Waals surface area contributed by atoms with E-state index in [2.05, 4.69) is 5.43 Å². The number of non-ortho nitro benzene ring substituents is 1. The molecule has 0 heterocycles. The molecule has 0 radical (unpaired) electrons. The minimum absolute atomic E-state index is 0.0522. The highest BCUT2D eigenvalue weighted by Gasteiger charge is 2.08. The number of thioether (sulfide) groups is 1. The molecular formula is C8H11N3O2S. The van der Waals surface area contributed by atoms with Crippen molar-refractivity contribution < 1.29 is 4.92 Å². The monoisotopic (exact) mass is 213 g/mol. The van der Waals surface area contributed by atoms with Crippen molar-refractivity contribution >= 4 is 23.1 Å². The van der Waals surface area contributed by atoms with Gasteiger partial charge in [0.1, 0.15) is 0 Å². The van der Waals surface area contributed by atoms with Gasteiger partial charge in [-0.25, -0.2) is 0 Å².